The molecule has 0 atom stereocenters. The minimum Gasteiger partial charge on any atom is -0.264 e. The number of hydrogen-bond donors (Lipinski definition) is 0. The van der Waals surface area contributed by atoms with Gasteiger partial charge in [-0.1, -0.05) is 12.1 Å². The third kappa shape index (κ3) is 0.955. The molecule has 2 aromatic rings. The lowest BCUT2D eigenvalue weighted by atomic mass is 10.1. The van der Waals surface area contributed by atoms with Crippen LogP contribution in [0.25, 0.3) is 10.8 Å². The van der Waals surface area contributed by atoms with Crippen LogP contribution in [0.4, 0.5) is 5.69 Å². The van der Waals surface area contributed by atoms with Crippen LogP contribution in [0.5, 0.6) is 0 Å². The highest BCUT2D eigenvalue weighted by atomic mass is 16.3. The van der Waals surface area contributed by atoms with Gasteiger partial charge >= 0.3 is 0 Å². The summed E-state index contributed by atoms with van der Waals surface area (Å²) in [5, 5.41) is 4.70. The molecule has 1 aromatic carbocycles. The van der Waals surface area contributed by atoms with Crippen molar-refractivity contribution in [1.82, 2.24) is 4.98 Å². The van der Waals surface area contributed by atoms with E-state index in [0.29, 0.717) is 5.69 Å². The molecule has 0 saturated heterocycles. The van der Waals surface area contributed by atoms with Crippen molar-refractivity contribution in [2.45, 2.75) is 0 Å². The maximum absolute atomic E-state index is 10.3. The SMILES string of the molecule is O=Nc1cccc2ccncc12. The van der Waals surface area contributed by atoms with E-state index in [1.165, 1.54) is 0 Å². The van der Waals surface area contributed by atoms with Crippen LogP contribution in [0.15, 0.2) is 41.8 Å². The number of fused-ring (bicyclic) bond motifs is 1. The van der Waals surface area contributed by atoms with Crippen molar-refractivity contribution in [2.75, 3.05) is 0 Å². The van der Waals surface area contributed by atoms with Crippen molar-refractivity contribution in [3.63, 3.8) is 0 Å². The number of nitrogens with zero attached hydrogens (tertiary/aromatic N) is 2. The van der Waals surface area contributed by atoms with Gasteiger partial charge in [-0.2, -0.15) is 0 Å². The lowest BCUT2D eigenvalue weighted by Gasteiger charge is -1.96. The minimum atomic E-state index is 0.445. The zero-order chi connectivity index (χ0) is 8.39. The molecule has 0 aliphatic carbocycles. The van der Waals surface area contributed by atoms with Gasteiger partial charge in [-0.05, 0) is 22.7 Å². The Morgan fingerprint density at radius 2 is 2.17 bits per heavy atom. The summed E-state index contributed by atoms with van der Waals surface area (Å²) in [4.78, 5) is 14.3. The number of rotatable bonds is 1. The van der Waals surface area contributed by atoms with Crippen molar-refractivity contribution in [2.24, 2.45) is 5.18 Å². The highest BCUT2D eigenvalue weighted by Crippen LogP contribution is 2.23. The molecule has 2 rings (SSSR count). The smallest absolute Gasteiger partial charge is 0.117 e. The molecule has 3 heteroatoms. The molecule has 0 N–H and O–H groups in total. The molecule has 0 radical (unpaired) electrons. The van der Waals surface area contributed by atoms with Crippen molar-refractivity contribution < 1.29 is 0 Å². The van der Waals surface area contributed by atoms with Gasteiger partial charge in [0.1, 0.15) is 5.69 Å². The van der Waals surface area contributed by atoms with Gasteiger partial charge in [-0.25, -0.2) is 0 Å². The number of pyridine rings is 1. The van der Waals surface area contributed by atoms with Crippen LogP contribution in [0.1, 0.15) is 0 Å². The molecule has 12 heavy (non-hydrogen) atoms. The molecular weight excluding hydrogens is 152 g/mol. The Hall–Kier alpha value is -1.77. The molecule has 0 aliphatic heterocycles. The maximum atomic E-state index is 10.3. The van der Waals surface area contributed by atoms with Crippen LogP contribution in [0.2, 0.25) is 0 Å². The van der Waals surface area contributed by atoms with E-state index in [1.807, 2.05) is 12.1 Å². The fraction of sp³-hybridized carbons (Fsp3) is 0. The second-order valence-corrected chi connectivity index (χ2v) is 2.47. The molecule has 1 heterocycles. The van der Waals surface area contributed by atoms with Crippen molar-refractivity contribution in [3.05, 3.63) is 41.6 Å². The molecule has 3 nitrogen and oxygen atoms in total. The Labute approximate surface area is 69.0 Å². The summed E-state index contributed by atoms with van der Waals surface area (Å²) in [5.41, 5.74) is 0.445. The van der Waals surface area contributed by atoms with E-state index < -0.39 is 0 Å². The monoisotopic (exact) mass is 158 g/mol. The van der Waals surface area contributed by atoms with Gasteiger partial charge in [0, 0.05) is 17.8 Å². The van der Waals surface area contributed by atoms with Crippen LogP contribution in [0.3, 0.4) is 0 Å². The van der Waals surface area contributed by atoms with Gasteiger partial charge in [0.25, 0.3) is 0 Å². The quantitative estimate of drug-likeness (QED) is 0.598. The fourth-order valence-corrected chi connectivity index (χ4v) is 1.18. The van der Waals surface area contributed by atoms with Crippen molar-refractivity contribution in [1.29, 1.82) is 0 Å². The fourth-order valence-electron chi connectivity index (χ4n) is 1.18. The molecule has 0 spiro atoms. The standard InChI is InChI=1S/C9H6N2O/c12-11-9-3-1-2-7-4-5-10-6-8(7)9/h1-6H. The first kappa shape index (κ1) is 6.91. The number of hydrogen-bond acceptors (Lipinski definition) is 3. The Bertz CT molecular complexity index is 420. The lowest BCUT2D eigenvalue weighted by molar-refractivity contribution is 1.36. The van der Waals surface area contributed by atoms with Gasteiger partial charge in [-0.15, -0.1) is 4.91 Å². The zero-order valence-corrected chi connectivity index (χ0v) is 6.27. The van der Waals surface area contributed by atoms with Gasteiger partial charge < -0.3 is 0 Å². The second-order valence-electron chi connectivity index (χ2n) is 2.47. The van der Waals surface area contributed by atoms with Crippen molar-refractivity contribution >= 4 is 16.5 Å². The van der Waals surface area contributed by atoms with E-state index in [1.54, 1.807) is 24.5 Å². The summed E-state index contributed by atoms with van der Waals surface area (Å²) in [6, 6.07) is 7.26. The van der Waals surface area contributed by atoms with E-state index in [0.717, 1.165) is 10.8 Å². The molecule has 0 unspecified atom stereocenters. The third-order valence-corrected chi connectivity index (χ3v) is 1.76. The Morgan fingerprint density at radius 3 is 3.00 bits per heavy atom. The molecular formula is C9H6N2O. The number of nitroso groups, excluding NO2 is 1. The molecule has 0 bridgehead atoms. The van der Waals surface area contributed by atoms with E-state index in [2.05, 4.69) is 10.2 Å². The summed E-state index contributed by atoms with van der Waals surface area (Å²) < 4.78 is 0. The second kappa shape index (κ2) is 2.70. The van der Waals surface area contributed by atoms with Gasteiger partial charge in [0.15, 0.2) is 0 Å². The van der Waals surface area contributed by atoms with Crippen LogP contribution in [0, 0.1) is 4.91 Å². The summed E-state index contributed by atoms with van der Waals surface area (Å²) >= 11 is 0. The number of aromatic nitrogens is 1. The van der Waals surface area contributed by atoms with Crippen LogP contribution >= 0.6 is 0 Å². The van der Waals surface area contributed by atoms with E-state index in [-0.39, 0.29) is 0 Å². The first-order valence-electron chi connectivity index (χ1n) is 3.58. The normalized spacial score (nSPS) is 10.0. The Balaban J connectivity index is 2.88. The van der Waals surface area contributed by atoms with Crippen LogP contribution in [-0.2, 0) is 0 Å². The van der Waals surface area contributed by atoms with Crippen LogP contribution in [-0.4, -0.2) is 4.98 Å². The summed E-state index contributed by atoms with van der Waals surface area (Å²) in [7, 11) is 0. The van der Waals surface area contributed by atoms with E-state index in [9.17, 15) is 4.91 Å². The molecule has 0 amide bonds. The molecule has 0 fully saturated rings. The Kier molecular flexibility index (Phi) is 1.55. The molecule has 0 aliphatic rings. The van der Waals surface area contributed by atoms with Gasteiger partial charge in [-0.3, -0.25) is 4.98 Å². The van der Waals surface area contributed by atoms with Gasteiger partial charge in [0.05, 0.1) is 0 Å². The highest BCUT2D eigenvalue weighted by molar-refractivity contribution is 5.91. The third-order valence-electron chi connectivity index (χ3n) is 1.76. The summed E-state index contributed by atoms with van der Waals surface area (Å²) in [5.74, 6) is 0. The largest absolute Gasteiger partial charge is 0.264 e. The topological polar surface area (TPSA) is 42.3 Å². The average Bonchev–Trinajstić information content (AvgIpc) is 2.17. The number of benzene rings is 1. The zero-order valence-electron chi connectivity index (χ0n) is 6.27. The molecule has 0 saturated carbocycles. The van der Waals surface area contributed by atoms with Gasteiger partial charge in [0.2, 0.25) is 0 Å². The highest BCUT2D eigenvalue weighted by Gasteiger charge is 1.98. The van der Waals surface area contributed by atoms with Crippen molar-refractivity contribution in [3.8, 4) is 0 Å². The molecule has 1 aromatic heterocycles. The summed E-state index contributed by atoms with van der Waals surface area (Å²) in [6.07, 6.45) is 3.34. The first-order valence-corrected chi connectivity index (χ1v) is 3.58. The lowest BCUT2D eigenvalue weighted by Crippen LogP contribution is -1.74. The average molecular weight is 158 g/mol. The van der Waals surface area contributed by atoms with Crippen LogP contribution < -0.4 is 0 Å². The first-order chi connectivity index (χ1) is 5.92. The predicted octanol–water partition coefficient (Wildman–Crippen LogP) is 2.63. The minimum absolute atomic E-state index is 0.445. The molecule has 58 valence electrons. The predicted molar refractivity (Wildman–Crippen MR) is 47.2 cm³/mol. The van der Waals surface area contributed by atoms with E-state index in [4.69, 9.17) is 0 Å². The van der Waals surface area contributed by atoms with E-state index >= 15 is 0 Å². The Morgan fingerprint density at radius 1 is 1.25 bits per heavy atom. The maximum Gasteiger partial charge on any atom is 0.117 e. The summed E-state index contributed by atoms with van der Waals surface area (Å²) in [6.45, 7) is 0.